The molecular formula is C12H13N5O2S2. The van der Waals surface area contributed by atoms with Gasteiger partial charge < -0.3 is 14.3 Å². The van der Waals surface area contributed by atoms with Crippen LogP contribution < -0.4 is 5.32 Å². The smallest absolute Gasteiger partial charge is 0.237 e. The molecule has 0 fully saturated rings. The number of anilines is 1. The van der Waals surface area contributed by atoms with Gasteiger partial charge in [0.2, 0.25) is 11.0 Å². The molecule has 0 amide bonds. The number of furan rings is 1. The Kier molecular flexibility index (Phi) is 4.51. The van der Waals surface area contributed by atoms with Crippen LogP contribution in [0.4, 0.5) is 5.13 Å². The Hall–Kier alpha value is -1.87. The summed E-state index contributed by atoms with van der Waals surface area (Å²) in [4.78, 5) is 4.25. The lowest BCUT2D eigenvalue weighted by Crippen LogP contribution is -1.96. The Bertz CT molecular complexity index is 679. The minimum absolute atomic E-state index is 0.593. The first kappa shape index (κ1) is 14.1. The molecule has 3 rings (SSSR count). The van der Waals surface area contributed by atoms with Crippen LogP contribution in [0.2, 0.25) is 0 Å². The molecule has 0 aliphatic heterocycles. The lowest BCUT2D eigenvalue weighted by atomic mass is 10.4. The maximum Gasteiger partial charge on any atom is 0.237 e. The molecular weight excluding hydrogens is 310 g/mol. The lowest BCUT2D eigenvalue weighted by molar-refractivity contribution is 0.385. The van der Waals surface area contributed by atoms with Crippen LogP contribution in [0, 0.1) is 0 Å². The Labute approximate surface area is 129 Å². The van der Waals surface area contributed by atoms with Crippen LogP contribution in [0.3, 0.4) is 0 Å². The van der Waals surface area contributed by atoms with Gasteiger partial charge in [0.25, 0.3) is 0 Å². The highest BCUT2D eigenvalue weighted by atomic mass is 32.2. The number of hydrogen-bond donors (Lipinski definition) is 1. The SMILES string of the molecule is CCc1noc(CSc2nnc(NCc3ccco3)s2)n1. The summed E-state index contributed by atoms with van der Waals surface area (Å²) in [5.41, 5.74) is 0. The van der Waals surface area contributed by atoms with E-state index in [1.807, 2.05) is 19.1 Å². The molecule has 1 N–H and O–H groups in total. The number of thioether (sulfide) groups is 1. The van der Waals surface area contributed by atoms with Crippen molar-refractivity contribution in [2.75, 3.05) is 5.32 Å². The molecule has 0 saturated carbocycles. The van der Waals surface area contributed by atoms with Gasteiger partial charge in [-0.05, 0) is 12.1 Å². The maximum absolute atomic E-state index is 5.24. The molecule has 3 heterocycles. The van der Waals surface area contributed by atoms with Crippen LogP contribution in [0.25, 0.3) is 0 Å². The van der Waals surface area contributed by atoms with Crippen molar-refractivity contribution in [2.45, 2.75) is 30.0 Å². The van der Waals surface area contributed by atoms with E-state index < -0.39 is 0 Å². The first-order valence-electron chi connectivity index (χ1n) is 6.37. The summed E-state index contributed by atoms with van der Waals surface area (Å²) >= 11 is 3.01. The normalized spacial score (nSPS) is 10.9. The van der Waals surface area contributed by atoms with Crippen LogP contribution in [-0.4, -0.2) is 20.3 Å². The van der Waals surface area contributed by atoms with Gasteiger partial charge in [-0.3, -0.25) is 0 Å². The van der Waals surface area contributed by atoms with E-state index in [0.717, 1.165) is 27.5 Å². The zero-order valence-corrected chi connectivity index (χ0v) is 12.9. The van der Waals surface area contributed by atoms with E-state index in [9.17, 15) is 0 Å². The maximum atomic E-state index is 5.24. The van der Waals surface area contributed by atoms with Crippen molar-refractivity contribution in [1.82, 2.24) is 20.3 Å². The van der Waals surface area contributed by atoms with Crippen molar-refractivity contribution in [2.24, 2.45) is 0 Å². The molecule has 0 radical (unpaired) electrons. The summed E-state index contributed by atoms with van der Waals surface area (Å²) in [5.74, 6) is 2.79. The van der Waals surface area contributed by atoms with Crippen LogP contribution >= 0.6 is 23.1 Å². The molecule has 0 aliphatic carbocycles. The van der Waals surface area contributed by atoms with Crippen molar-refractivity contribution in [1.29, 1.82) is 0 Å². The summed E-state index contributed by atoms with van der Waals surface area (Å²) in [6.45, 7) is 2.58. The zero-order chi connectivity index (χ0) is 14.5. The molecule has 0 bridgehead atoms. The molecule has 7 nitrogen and oxygen atoms in total. The van der Waals surface area contributed by atoms with Crippen molar-refractivity contribution >= 4 is 28.2 Å². The van der Waals surface area contributed by atoms with E-state index >= 15 is 0 Å². The van der Waals surface area contributed by atoms with Gasteiger partial charge in [-0.2, -0.15) is 4.98 Å². The van der Waals surface area contributed by atoms with Gasteiger partial charge >= 0.3 is 0 Å². The lowest BCUT2D eigenvalue weighted by Gasteiger charge is -1.96. The van der Waals surface area contributed by atoms with Gasteiger partial charge in [-0.15, -0.1) is 10.2 Å². The van der Waals surface area contributed by atoms with Crippen molar-refractivity contribution in [3.05, 3.63) is 35.9 Å². The molecule has 3 aromatic rings. The van der Waals surface area contributed by atoms with E-state index in [-0.39, 0.29) is 0 Å². The third-order valence-electron chi connectivity index (χ3n) is 2.55. The van der Waals surface area contributed by atoms with Gasteiger partial charge in [0.15, 0.2) is 10.2 Å². The minimum Gasteiger partial charge on any atom is -0.467 e. The topological polar surface area (TPSA) is 89.9 Å². The summed E-state index contributed by atoms with van der Waals surface area (Å²) in [5, 5.41) is 16.0. The number of nitrogens with zero attached hydrogens (tertiary/aromatic N) is 4. The molecule has 21 heavy (non-hydrogen) atoms. The van der Waals surface area contributed by atoms with Crippen LogP contribution in [-0.2, 0) is 18.7 Å². The van der Waals surface area contributed by atoms with Gasteiger partial charge in [0.05, 0.1) is 18.6 Å². The van der Waals surface area contributed by atoms with Gasteiger partial charge in [0.1, 0.15) is 5.76 Å². The third-order valence-corrected chi connectivity index (χ3v) is 4.54. The highest BCUT2D eigenvalue weighted by molar-refractivity contribution is 8.00. The van der Waals surface area contributed by atoms with E-state index in [4.69, 9.17) is 8.94 Å². The summed E-state index contributed by atoms with van der Waals surface area (Å²) < 4.78 is 11.2. The van der Waals surface area contributed by atoms with E-state index in [1.165, 1.54) is 23.1 Å². The molecule has 0 saturated heterocycles. The van der Waals surface area contributed by atoms with Crippen LogP contribution in [0.15, 0.2) is 31.7 Å². The number of aryl methyl sites for hydroxylation is 1. The van der Waals surface area contributed by atoms with Gasteiger partial charge in [0, 0.05) is 6.42 Å². The van der Waals surface area contributed by atoms with Crippen molar-refractivity contribution in [3.8, 4) is 0 Å². The fourth-order valence-electron chi connectivity index (χ4n) is 1.53. The van der Waals surface area contributed by atoms with Gasteiger partial charge in [-0.25, -0.2) is 0 Å². The Morgan fingerprint density at radius 2 is 2.33 bits per heavy atom. The molecule has 0 spiro atoms. The highest BCUT2D eigenvalue weighted by Crippen LogP contribution is 2.28. The average Bonchev–Trinajstić information content (AvgIpc) is 3.24. The summed E-state index contributed by atoms with van der Waals surface area (Å²) in [6, 6.07) is 3.76. The van der Waals surface area contributed by atoms with E-state index in [2.05, 4.69) is 25.7 Å². The van der Waals surface area contributed by atoms with Gasteiger partial charge in [-0.1, -0.05) is 35.2 Å². The molecule has 0 unspecified atom stereocenters. The first-order valence-corrected chi connectivity index (χ1v) is 8.17. The largest absolute Gasteiger partial charge is 0.467 e. The molecule has 9 heteroatoms. The fourth-order valence-corrected chi connectivity index (χ4v) is 3.12. The quantitative estimate of drug-likeness (QED) is 0.664. The zero-order valence-electron chi connectivity index (χ0n) is 11.3. The average molecular weight is 323 g/mol. The summed E-state index contributed by atoms with van der Waals surface area (Å²) in [7, 11) is 0. The monoisotopic (exact) mass is 323 g/mol. The molecule has 0 aliphatic rings. The molecule has 0 aromatic carbocycles. The predicted molar refractivity (Wildman–Crippen MR) is 79.2 cm³/mol. The third kappa shape index (κ3) is 3.82. The number of hydrogen-bond acceptors (Lipinski definition) is 9. The van der Waals surface area contributed by atoms with Crippen molar-refractivity contribution < 1.29 is 8.94 Å². The first-order chi connectivity index (χ1) is 10.3. The second kappa shape index (κ2) is 6.72. The predicted octanol–water partition coefficient (Wildman–Crippen LogP) is 2.98. The standard InChI is InChI=1S/C12H13N5O2S2/c1-2-9-14-10(19-17-9)7-20-12-16-15-11(21-12)13-6-8-4-3-5-18-8/h3-5H,2,6-7H2,1H3,(H,13,15). The summed E-state index contributed by atoms with van der Waals surface area (Å²) in [6.07, 6.45) is 2.42. The van der Waals surface area contributed by atoms with E-state index in [1.54, 1.807) is 6.26 Å². The molecule has 110 valence electrons. The molecule has 0 atom stereocenters. The second-order valence-corrected chi connectivity index (χ2v) is 6.25. The number of rotatable bonds is 7. The Morgan fingerprint density at radius 1 is 1.38 bits per heavy atom. The van der Waals surface area contributed by atoms with Crippen molar-refractivity contribution in [3.63, 3.8) is 0 Å². The molecule has 3 aromatic heterocycles. The van der Waals surface area contributed by atoms with Crippen LogP contribution in [0.5, 0.6) is 0 Å². The minimum atomic E-state index is 0.593. The fraction of sp³-hybridized carbons (Fsp3) is 0.333. The Morgan fingerprint density at radius 3 is 3.10 bits per heavy atom. The number of aromatic nitrogens is 4. The highest BCUT2D eigenvalue weighted by Gasteiger charge is 2.09. The second-order valence-electron chi connectivity index (χ2n) is 4.05. The number of nitrogens with one attached hydrogen (secondary N) is 1. The Balaban J connectivity index is 1.50. The van der Waals surface area contributed by atoms with Crippen LogP contribution in [0.1, 0.15) is 24.4 Å². The van der Waals surface area contributed by atoms with E-state index in [0.29, 0.717) is 18.2 Å².